The number of sulfonamides is 1. The minimum atomic E-state index is -3.87. The Morgan fingerprint density at radius 3 is 2.61 bits per heavy atom. The second kappa shape index (κ2) is 6.99. The van der Waals surface area contributed by atoms with E-state index in [1.54, 1.807) is 12.1 Å². The van der Waals surface area contributed by atoms with E-state index in [0.29, 0.717) is 0 Å². The molecule has 0 unspecified atom stereocenters. The fourth-order valence-corrected chi connectivity index (χ4v) is 2.20. The number of amides is 1. The minimum absolute atomic E-state index is 0.0801. The molecule has 9 heteroatoms. The van der Waals surface area contributed by atoms with Gasteiger partial charge in [0.15, 0.2) is 6.61 Å². The van der Waals surface area contributed by atoms with Gasteiger partial charge in [-0.15, -0.1) is 0 Å². The van der Waals surface area contributed by atoms with E-state index in [2.05, 4.69) is 10.3 Å². The number of carbonyl (C=O) groups is 2. The maximum Gasteiger partial charge on any atom is 0.357 e. The summed E-state index contributed by atoms with van der Waals surface area (Å²) in [6.07, 6.45) is 1.43. The number of anilines is 1. The number of carbonyl (C=O) groups excluding carboxylic acids is 2. The average Bonchev–Trinajstić information content (AvgIpc) is 2.53. The molecule has 0 aliphatic carbocycles. The highest BCUT2D eigenvalue weighted by Gasteiger charge is 2.12. The van der Waals surface area contributed by atoms with Gasteiger partial charge in [-0.25, -0.2) is 23.3 Å². The number of hydrogen-bond acceptors (Lipinski definition) is 6. The molecule has 0 aliphatic heterocycles. The summed E-state index contributed by atoms with van der Waals surface area (Å²) in [4.78, 5) is 27.0. The SMILES string of the molecule is NS(=O)(=O)c1cccc(NC(=O)COC(=O)c2ccccn2)c1. The van der Waals surface area contributed by atoms with Crippen molar-refractivity contribution in [2.45, 2.75) is 4.90 Å². The third kappa shape index (κ3) is 4.87. The van der Waals surface area contributed by atoms with Crippen molar-refractivity contribution in [1.29, 1.82) is 0 Å². The topological polar surface area (TPSA) is 128 Å². The van der Waals surface area contributed by atoms with Crippen LogP contribution in [0.3, 0.4) is 0 Å². The standard InChI is InChI=1S/C14H13N3O5S/c15-23(20,21)11-5-3-4-10(8-11)17-13(18)9-22-14(19)12-6-1-2-7-16-12/h1-8H,9H2,(H,17,18)(H2,15,20,21). The molecular weight excluding hydrogens is 322 g/mol. The summed E-state index contributed by atoms with van der Waals surface area (Å²) >= 11 is 0. The second-order valence-electron chi connectivity index (χ2n) is 4.41. The monoisotopic (exact) mass is 335 g/mol. The maximum absolute atomic E-state index is 11.7. The Balaban J connectivity index is 1.94. The Morgan fingerprint density at radius 2 is 1.96 bits per heavy atom. The van der Waals surface area contributed by atoms with Crippen molar-refractivity contribution >= 4 is 27.6 Å². The molecule has 2 aromatic rings. The van der Waals surface area contributed by atoms with Gasteiger partial charge in [0.25, 0.3) is 5.91 Å². The molecule has 0 fully saturated rings. The lowest BCUT2D eigenvalue weighted by Crippen LogP contribution is -2.21. The number of aromatic nitrogens is 1. The molecule has 3 N–H and O–H groups in total. The molecule has 0 bridgehead atoms. The summed E-state index contributed by atoms with van der Waals surface area (Å²) in [6.45, 7) is -0.533. The van der Waals surface area contributed by atoms with Crippen LogP contribution in [0.1, 0.15) is 10.5 Å². The Morgan fingerprint density at radius 1 is 1.17 bits per heavy atom. The van der Waals surface area contributed by atoms with Crippen LogP contribution in [0.15, 0.2) is 53.6 Å². The van der Waals surface area contributed by atoms with Crippen LogP contribution in [-0.4, -0.2) is 31.9 Å². The van der Waals surface area contributed by atoms with Gasteiger partial charge in [-0.1, -0.05) is 12.1 Å². The van der Waals surface area contributed by atoms with Crippen LogP contribution in [-0.2, 0) is 19.6 Å². The molecule has 1 aromatic heterocycles. The van der Waals surface area contributed by atoms with Crippen molar-refractivity contribution < 1.29 is 22.7 Å². The number of hydrogen-bond donors (Lipinski definition) is 2. The molecule has 120 valence electrons. The van der Waals surface area contributed by atoms with Crippen LogP contribution in [0.4, 0.5) is 5.69 Å². The predicted molar refractivity (Wildman–Crippen MR) is 81.0 cm³/mol. The molecule has 1 amide bonds. The van der Waals surface area contributed by atoms with Gasteiger partial charge >= 0.3 is 5.97 Å². The van der Waals surface area contributed by atoms with Gasteiger partial charge in [-0.05, 0) is 30.3 Å². The average molecular weight is 335 g/mol. The first-order valence-electron chi connectivity index (χ1n) is 6.37. The number of primary sulfonamides is 1. The van der Waals surface area contributed by atoms with Gasteiger partial charge in [0.2, 0.25) is 10.0 Å². The van der Waals surface area contributed by atoms with Crippen LogP contribution in [0.25, 0.3) is 0 Å². The molecule has 1 heterocycles. The highest BCUT2D eigenvalue weighted by Crippen LogP contribution is 2.14. The molecule has 0 saturated heterocycles. The Hall–Kier alpha value is -2.78. The van der Waals surface area contributed by atoms with Crippen molar-refractivity contribution in [2.24, 2.45) is 5.14 Å². The number of pyridine rings is 1. The number of esters is 1. The summed E-state index contributed by atoms with van der Waals surface area (Å²) in [5, 5.41) is 7.41. The minimum Gasteiger partial charge on any atom is -0.451 e. The van der Waals surface area contributed by atoms with Gasteiger partial charge < -0.3 is 10.1 Å². The first-order valence-corrected chi connectivity index (χ1v) is 7.92. The van der Waals surface area contributed by atoms with Crippen LogP contribution in [0, 0.1) is 0 Å². The number of benzene rings is 1. The zero-order chi connectivity index (χ0) is 16.9. The fraction of sp³-hybridized carbons (Fsp3) is 0.0714. The summed E-state index contributed by atoms with van der Waals surface area (Å²) in [7, 11) is -3.87. The number of nitrogens with zero attached hydrogens (tertiary/aromatic N) is 1. The highest BCUT2D eigenvalue weighted by atomic mass is 32.2. The fourth-order valence-electron chi connectivity index (χ4n) is 1.64. The lowest BCUT2D eigenvalue weighted by Gasteiger charge is -2.07. The van der Waals surface area contributed by atoms with Gasteiger partial charge in [-0.2, -0.15) is 0 Å². The van der Waals surface area contributed by atoms with E-state index in [-0.39, 0.29) is 16.3 Å². The quantitative estimate of drug-likeness (QED) is 0.767. The van der Waals surface area contributed by atoms with Crippen molar-refractivity contribution in [2.75, 3.05) is 11.9 Å². The zero-order valence-corrected chi connectivity index (χ0v) is 12.6. The smallest absolute Gasteiger partial charge is 0.357 e. The predicted octanol–water partition coefficient (Wildman–Crippen LogP) is 0.524. The van der Waals surface area contributed by atoms with Crippen molar-refractivity contribution in [3.63, 3.8) is 0 Å². The third-order valence-electron chi connectivity index (χ3n) is 2.65. The van der Waals surface area contributed by atoms with Crippen LogP contribution >= 0.6 is 0 Å². The van der Waals surface area contributed by atoms with E-state index >= 15 is 0 Å². The second-order valence-corrected chi connectivity index (χ2v) is 5.97. The number of ether oxygens (including phenoxy) is 1. The van der Waals surface area contributed by atoms with Gasteiger partial charge in [0.05, 0.1) is 4.90 Å². The molecule has 0 atom stereocenters. The summed E-state index contributed by atoms with van der Waals surface area (Å²) in [5.41, 5.74) is 0.298. The van der Waals surface area contributed by atoms with Crippen LogP contribution in [0.5, 0.6) is 0 Å². The van der Waals surface area contributed by atoms with Gasteiger partial charge in [0, 0.05) is 11.9 Å². The normalized spacial score (nSPS) is 10.8. The molecule has 0 aliphatic rings. The van der Waals surface area contributed by atoms with E-state index in [1.165, 1.54) is 36.5 Å². The van der Waals surface area contributed by atoms with E-state index in [1.807, 2.05) is 0 Å². The Kier molecular flexibility index (Phi) is 5.04. The van der Waals surface area contributed by atoms with E-state index in [9.17, 15) is 18.0 Å². The largest absolute Gasteiger partial charge is 0.451 e. The lowest BCUT2D eigenvalue weighted by molar-refractivity contribution is -0.119. The van der Waals surface area contributed by atoms with E-state index < -0.39 is 28.5 Å². The highest BCUT2D eigenvalue weighted by molar-refractivity contribution is 7.89. The number of rotatable bonds is 5. The van der Waals surface area contributed by atoms with Gasteiger partial charge in [0.1, 0.15) is 5.69 Å². The van der Waals surface area contributed by atoms with Crippen LogP contribution in [0.2, 0.25) is 0 Å². The van der Waals surface area contributed by atoms with E-state index in [0.717, 1.165) is 0 Å². The Bertz CT molecular complexity index is 821. The van der Waals surface area contributed by atoms with Crippen molar-refractivity contribution in [1.82, 2.24) is 4.98 Å². The van der Waals surface area contributed by atoms with E-state index in [4.69, 9.17) is 9.88 Å². The molecule has 8 nitrogen and oxygen atoms in total. The molecule has 0 saturated carbocycles. The lowest BCUT2D eigenvalue weighted by atomic mass is 10.3. The maximum atomic E-state index is 11.7. The van der Waals surface area contributed by atoms with Crippen LogP contribution < -0.4 is 10.5 Å². The first kappa shape index (κ1) is 16.6. The molecule has 2 rings (SSSR count). The Labute approximate surface area is 132 Å². The molecular formula is C14H13N3O5S. The van der Waals surface area contributed by atoms with Crippen molar-refractivity contribution in [3.05, 3.63) is 54.4 Å². The summed E-state index contributed by atoms with van der Waals surface area (Å²) in [6, 6.07) is 10.1. The van der Waals surface area contributed by atoms with Crippen molar-refractivity contribution in [3.8, 4) is 0 Å². The molecule has 1 aromatic carbocycles. The third-order valence-corrected chi connectivity index (χ3v) is 3.57. The number of nitrogens with one attached hydrogen (secondary N) is 1. The molecule has 0 spiro atoms. The van der Waals surface area contributed by atoms with Gasteiger partial charge in [-0.3, -0.25) is 4.79 Å². The zero-order valence-electron chi connectivity index (χ0n) is 11.8. The molecule has 23 heavy (non-hydrogen) atoms. The first-order chi connectivity index (χ1) is 10.9. The molecule has 0 radical (unpaired) electrons. The number of nitrogens with two attached hydrogens (primary N) is 1. The summed E-state index contributed by atoms with van der Waals surface area (Å²) in [5.74, 6) is -1.36. The summed E-state index contributed by atoms with van der Waals surface area (Å²) < 4.78 is 27.3.